The Bertz CT molecular complexity index is 495. The summed E-state index contributed by atoms with van der Waals surface area (Å²) in [6, 6.07) is 9.52. The molecule has 4 nitrogen and oxygen atoms in total. The van der Waals surface area contributed by atoms with Gasteiger partial charge in [0.1, 0.15) is 0 Å². The zero-order valence-electron chi connectivity index (χ0n) is 11.4. The highest BCUT2D eigenvalue weighted by Gasteiger charge is 2.65. The second kappa shape index (κ2) is 4.68. The predicted octanol–water partition coefficient (Wildman–Crippen LogP) is 2.22. The summed E-state index contributed by atoms with van der Waals surface area (Å²) in [5, 5.41) is 12.0. The largest absolute Gasteiger partial charge is 0.481 e. The van der Waals surface area contributed by atoms with Gasteiger partial charge in [-0.1, -0.05) is 44.2 Å². The first kappa shape index (κ1) is 13.6. The minimum atomic E-state index is -0.891. The van der Waals surface area contributed by atoms with Gasteiger partial charge in [0.2, 0.25) is 5.91 Å². The van der Waals surface area contributed by atoms with Crippen molar-refractivity contribution in [3.63, 3.8) is 0 Å². The second-order valence-electron chi connectivity index (χ2n) is 5.76. The third-order valence-corrected chi connectivity index (χ3v) is 4.03. The van der Waals surface area contributed by atoms with E-state index < -0.39 is 23.2 Å². The molecule has 0 unspecified atom stereocenters. The van der Waals surface area contributed by atoms with Crippen LogP contribution in [0.4, 0.5) is 0 Å². The number of carboxylic acids is 1. The molecule has 1 aliphatic carbocycles. The van der Waals surface area contributed by atoms with E-state index in [1.165, 1.54) is 0 Å². The zero-order chi connectivity index (χ0) is 14.2. The van der Waals surface area contributed by atoms with Crippen LogP contribution >= 0.6 is 0 Å². The molecule has 3 atom stereocenters. The fraction of sp³-hybridized carbons (Fsp3) is 0.467. The fourth-order valence-corrected chi connectivity index (χ4v) is 2.72. The molecule has 2 N–H and O–H groups in total. The topological polar surface area (TPSA) is 66.4 Å². The zero-order valence-corrected chi connectivity index (χ0v) is 11.4. The molecule has 0 aliphatic heterocycles. The maximum Gasteiger partial charge on any atom is 0.307 e. The van der Waals surface area contributed by atoms with Gasteiger partial charge in [0.15, 0.2) is 0 Å². The van der Waals surface area contributed by atoms with Crippen LogP contribution in [0.3, 0.4) is 0 Å². The number of carboxylic acid groups (broad SMARTS) is 1. The van der Waals surface area contributed by atoms with E-state index in [4.69, 9.17) is 5.11 Å². The lowest BCUT2D eigenvalue weighted by Gasteiger charge is -2.14. The molecule has 0 saturated heterocycles. The summed E-state index contributed by atoms with van der Waals surface area (Å²) in [4.78, 5) is 23.2. The van der Waals surface area contributed by atoms with Crippen molar-refractivity contribution in [3.05, 3.63) is 35.9 Å². The Hall–Kier alpha value is -1.84. The third kappa shape index (κ3) is 2.48. The summed E-state index contributed by atoms with van der Waals surface area (Å²) in [6.07, 6.45) is 0. The average molecular weight is 261 g/mol. The Morgan fingerprint density at radius 1 is 1.21 bits per heavy atom. The molecular weight excluding hydrogens is 242 g/mol. The van der Waals surface area contributed by atoms with Crippen molar-refractivity contribution in [1.29, 1.82) is 0 Å². The van der Waals surface area contributed by atoms with E-state index in [1.54, 1.807) is 0 Å². The van der Waals surface area contributed by atoms with E-state index in [0.717, 1.165) is 5.56 Å². The summed E-state index contributed by atoms with van der Waals surface area (Å²) in [7, 11) is 0. The summed E-state index contributed by atoms with van der Waals surface area (Å²) in [5.74, 6) is -2.07. The predicted molar refractivity (Wildman–Crippen MR) is 71.4 cm³/mol. The van der Waals surface area contributed by atoms with E-state index in [9.17, 15) is 9.59 Å². The molecule has 0 heterocycles. The number of carbonyl (C=O) groups is 2. The maximum absolute atomic E-state index is 12.1. The number of benzene rings is 1. The van der Waals surface area contributed by atoms with Crippen LogP contribution in [0.2, 0.25) is 0 Å². The van der Waals surface area contributed by atoms with Gasteiger partial charge in [-0.25, -0.2) is 0 Å². The summed E-state index contributed by atoms with van der Waals surface area (Å²) in [5.41, 5.74) is 0.563. The SMILES string of the molecule is C[C@@H](NC(=O)[C@@H]1[C@H](C(=O)O)C1(C)C)c1ccccc1. The van der Waals surface area contributed by atoms with Crippen LogP contribution in [0.15, 0.2) is 30.3 Å². The van der Waals surface area contributed by atoms with Gasteiger partial charge in [0.05, 0.1) is 17.9 Å². The molecule has 1 saturated carbocycles. The van der Waals surface area contributed by atoms with Gasteiger partial charge >= 0.3 is 5.97 Å². The number of hydrogen-bond donors (Lipinski definition) is 2. The first-order valence-electron chi connectivity index (χ1n) is 6.44. The van der Waals surface area contributed by atoms with Crippen LogP contribution in [0.5, 0.6) is 0 Å². The van der Waals surface area contributed by atoms with Crippen molar-refractivity contribution in [2.45, 2.75) is 26.8 Å². The first-order chi connectivity index (χ1) is 8.85. The van der Waals surface area contributed by atoms with Crippen molar-refractivity contribution in [2.75, 3.05) is 0 Å². The molecule has 1 aliphatic rings. The lowest BCUT2D eigenvalue weighted by molar-refractivity contribution is -0.140. The molecule has 19 heavy (non-hydrogen) atoms. The lowest BCUT2D eigenvalue weighted by Crippen LogP contribution is -2.29. The molecule has 0 aromatic heterocycles. The molecule has 1 aromatic rings. The number of carbonyl (C=O) groups excluding carboxylic acids is 1. The smallest absolute Gasteiger partial charge is 0.307 e. The van der Waals surface area contributed by atoms with E-state index in [2.05, 4.69) is 5.32 Å². The highest BCUT2D eigenvalue weighted by atomic mass is 16.4. The normalized spacial score (nSPS) is 25.4. The van der Waals surface area contributed by atoms with Crippen molar-refractivity contribution in [3.8, 4) is 0 Å². The van der Waals surface area contributed by atoms with Gasteiger partial charge in [0, 0.05) is 0 Å². The second-order valence-corrected chi connectivity index (χ2v) is 5.76. The Morgan fingerprint density at radius 3 is 2.26 bits per heavy atom. The first-order valence-corrected chi connectivity index (χ1v) is 6.44. The molecule has 1 fully saturated rings. The van der Waals surface area contributed by atoms with E-state index in [0.29, 0.717) is 0 Å². The minimum absolute atomic E-state index is 0.112. The van der Waals surface area contributed by atoms with Crippen LogP contribution in [0.1, 0.15) is 32.4 Å². The fourth-order valence-electron chi connectivity index (χ4n) is 2.72. The maximum atomic E-state index is 12.1. The summed E-state index contributed by atoms with van der Waals surface area (Å²) < 4.78 is 0. The van der Waals surface area contributed by atoms with Crippen LogP contribution in [0, 0.1) is 17.3 Å². The van der Waals surface area contributed by atoms with Gasteiger partial charge in [0.25, 0.3) is 0 Å². The van der Waals surface area contributed by atoms with Gasteiger partial charge in [-0.3, -0.25) is 9.59 Å². The standard InChI is InChI=1S/C15H19NO3/c1-9(10-7-5-4-6-8-10)16-13(17)11-12(14(18)19)15(11,2)3/h4-9,11-12H,1-3H3,(H,16,17)(H,18,19)/t9-,11+,12-/m1/s1. The molecule has 102 valence electrons. The van der Waals surface area contributed by atoms with Gasteiger partial charge < -0.3 is 10.4 Å². The minimum Gasteiger partial charge on any atom is -0.481 e. The molecule has 0 spiro atoms. The molecule has 1 amide bonds. The molecule has 2 rings (SSSR count). The van der Waals surface area contributed by atoms with E-state index >= 15 is 0 Å². The Kier molecular flexibility index (Phi) is 3.35. The van der Waals surface area contributed by atoms with Crippen molar-refractivity contribution in [2.24, 2.45) is 17.3 Å². The molecule has 0 radical (unpaired) electrons. The Labute approximate surface area is 112 Å². The monoisotopic (exact) mass is 261 g/mol. The van der Waals surface area contributed by atoms with Gasteiger partial charge in [-0.15, -0.1) is 0 Å². The molecule has 0 bridgehead atoms. The number of nitrogens with one attached hydrogen (secondary N) is 1. The quantitative estimate of drug-likeness (QED) is 0.873. The van der Waals surface area contributed by atoms with Crippen molar-refractivity contribution in [1.82, 2.24) is 5.32 Å². The average Bonchev–Trinajstić information content (AvgIpc) is 2.93. The van der Waals surface area contributed by atoms with Crippen LogP contribution in [0.25, 0.3) is 0 Å². The molecule has 4 heteroatoms. The summed E-state index contributed by atoms with van der Waals surface area (Å²) >= 11 is 0. The molecule has 1 aromatic carbocycles. The van der Waals surface area contributed by atoms with Crippen LogP contribution in [-0.2, 0) is 9.59 Å². The van der Waals surface area contributed by atoms with E-state index in [-0.39, 0.29) is 11.9 Å². The molecular formula is C15H19NO3. The Balaban J connectivity index is 2.02. The van der Waals surface area contributed by atoms with Gasteiger partial charge in [-0.05, 0) is 17.9 Å². The van der Waals surface area contributed by atoms with Crippen molar-refractivity contribution < 1.29 is 14.7 Å². The van der Waals surface area contributed by atoms with E-state index in [1.807, 2.05) is 51.1 Å². The summed E-state index contributed by atoms with van der Waals surface area (Å²) in [6.45, 7) is 5.55. The number of aliphatic carboxylic acids is 1. The lowest BCUT2D eigenvalue weighted by atomic mass is 10.1. The number of rotatable bonds is 4. The van der Waals surface area contributed by atoms with Crippen LogP contribution < -0.4 is 5.32 Å². The van der Waals surface area contributed by atoms with Crippen molar-refractivity contribution >= 4 is 11.9 Å². The number of hydrogen-bond acceptors (Lipinski definition) is 2. The van der Waals surface area contributed by atoms with Gasteiger partial charge in [-0.2, -0.15) is 0 Å². The highest BCUT2D eigenvalue weighted by molar-refractivity contribution is 5.91. The van der Waals surface area contributed by atoms with Crippen LogP contribution in [-0.4, -0.2) is 17.0 Å². The highest BCUT2D eigenvalue weighted by Crippen LogP contribution is 2.58. The third-order valence-electron chi connectivity index (χ3n) is 4.03. The Morgan fingerprint density at radius 2 is 1.79 bits per heavy atom. The number of amides is 1.